The fraction of sp³-hybridized carbons (Fsp3) is 1.00. The highest BCUT2D eigenvalue weighted by Gasteiger charge is 2.39. The molecule has 0 aliphatic carbocycles. The van der Waals surface area contributed by atoms with Crippen LogP contribution in [0, 0.1) is 0 Å². The van der Waals surface area contributed by atoms with Gasteiger partial charge in [-0.05, 0) is 12.8 Å². The smallest absolute Gasteiger partial charge is 0.212 e. The summed E-state index contributed by atoms with van der Waals surface area (Å²) in [6.45, 7) is 1.31. The fourth-order valence-corrected chi connectivity index (χ4v) is 3.12. The van der Waals surface area contributed by atoms with Gasteiger partial charge in [-0.2, -0.15) is 4.31 Å². The van der Waals surface area contributed by atoms with E-state index in [9.17, 15) is 17.2 Å². The molecule has 0 aromatic carbocycles. The number of hydrogen-bond acceptors (Lipinski definition) is 2. The molecule has 0 amide bonds. The van der Waals surface area contributed by atoms with Gasteiger partial charge >= 0.3 is 0 Å². The van der Waals surface area contributed by atoms with E-state index in [-0.39, 0.29) is 25.1 Å². The van der Waals surface area contributed by atoms with Gasteiger partial charge in [0.1, 0.15) is 0 Å². The lowest BCUT2D eigenvalue weighted by atomic mass is 10.1. The van der Waals surface area contributed by atoms with Gasteiger partial charge in [0.2, 0.25) is 10.0 Å². The SMILES string of the molecule is CCCS(=O)(=O)N1CCCC(F)(F)C1. The Bertz CT molecular complexity index is 290. The normalized spacial score (nSPS) is 23.6. The molecule has 14 heavy (non-hydrogen) atoms. The van der Waals surface area contributed by atoms with Gasteiger partial charge in [0.05, 0.1) is 12.3 Å². The lowest BCUT2D eigenvalue weighted by Crippen LogP contribution is -2.46. The van der Waals surface area contributed by atoms with Gasteiger partial charge in [0.15, 0.2) is 0 Å². The van der Waals surface area contributed by atoms with Gasteiger partial charge in [-0.15, -0.1) is 0 Å². The minimum absolute atomic E-state index is 0.0386. The first-order chi connectivity index (χ1) is 6.37. The Kier molecular flexibility index (Phi) is 3.47. The average molecular weight is 227 g/mol. The molecule has 6 heteroatoms. The van der Waals surface area contributed by atoms with E-state index in [4.69, 9.17) is 0 Å². The van der Waals surface area contributed by atoms with E-state index in [1.54, 1.807) is 6.92 Å². The fourth-order valence-electron chi connectivity index (χ4n) is 1.55. The second-order valence-corrected chi connectivity index (χ2v) is 5.70. The van der Waals surface area contributed by atoms with Crippen molar-refractivity contribution in [2.45, 2.75) is 32.1 Å². The van der Waals surface area contributed by atoms with Gasteiger partial charge in [-0.3, -0.25) is 0 Å². The van der Waals surface area contributed by atoms with E-state index in [0.29, 0.717) is 6.42 Å². The summed E-state index contributed by atoms with van der Waals surface area (Å²) in [4.78, 5) is 0. The van der Waals surface area contributed by atoms with Gasteiger partial charge in [-0.1, -0.05) is 6.92 Å². The summed E-state index contributed by atoms with van der Waals surface area (Å²) < 4.78 is 49.7. The third kappa shape index (κ3) is 2.88. The van der Waals surface area contributed by atoms with E-state index in [1.807, 2.05) is 0 Å². The van der Waals surface area contributed by atoms with Crippen molar-refractivity contribution in [1.82, 2.24) is 4.31 Å². The summed E-state index contributed by atoms with van der Waals surface area (Å²) >= 11 is 0. The van der Waals surface area contributed by atoms with E-state index in [0.717, 1.165) is 4.31 Å². The molecule has 3 nitrogen and oxygen atoms in total. The molecule has 1 aliphatic rings. The summed E-state index contributed by atoms with van der Waals surface area (Å²) in [6, 6.07) is 0. The molecular formula is C8H15F2NO2S. The molecule has 0 N–H and O–H groups in total. The molecule has 0 atom stereocenters. The Morgan fingerprint density at radius 2 is 2.07 bits per heavy atom. The molecule has 0 spiro atoms. The second-order valence-electron chi connectivity index (χ2n) is 3.61. The number of nitrogens with zero attached hydrogens (tertiary/aromatic N) is 1. The summed E-state index contributed by atoms with van der Waals surface area (Å²) in [5, 5.41) is 0. The number of hydrogen-bond donors (Lipinski definition) is 0. The van der Waals surface area contributed by atoms with E-state index >= 15 is 0 Å². The van der Waals surface area contributed by atoms with Crippen LogP contribution in [-0.2, 0) is 10.0 Å². The first-order valence-corrected chi connectivity index (χ1v) is 6.34. The maximum atomic E-state index is 12.9. The molecule has 0 bridgehead atoms. The van der Waals surface area contributed by atoms with Crippen molar-refractivity contribution in [3.8, 4) is 0 Å². The quantitative estimate of drug-likeness (QED) is 0.732. The molecule has 0 unspecified atom stereocenters. The molecule has 84 valence electrons. The molecular weight excluding hydrogens is 212 g/mol. The number of alkyl halides is 2. The summed E-state index contributed by atoms with van der Waals surface area (Å²) in [7, 11) is -3.45. The molecule has 1 heterocycles. The molecule has 0 aromatic rings. The Hall–Kier alpha value is -0.230. The van der Waals surface area contributed by atoms with Gasteiger partial charge in [-0.25, -0.2) is 17.2 Å². The van der Waals surface area contributed by atoms with Crippen LogP contribution in [0.5, 0.6) is 0 Å². The number of halogens is 2. The van der Waals surface area contributed by atoms with Crippen LogP contribution in [0.1, 0.15) is 26.2 Å². The van der Waals surface area contributed by atoms with E-state index in [2.05, 4.69) is 0 Å². The Balaban J connectivity index is 2.69. The largest absolute Gasteiger partial charge is 0.261 e. The highest BCUT2D eigenvalue weighted by molar-refractivity contribution is 7.89. The predicted molar refractivity (Wildman–Crippen MR) is 49.8 cm³/mol. The number of sulfonamides is 1. The standard InChI is InChI=1S/C8H15F2NO2S/c1-2-6-14(12,13)11-5-3-4-8(9,10)7-11/h2-7H2,1H3. The monoisotopic (exact) mass is 227 g/mol. The van der Waals surface area contributed by atoms with Crippen molar-refractivity contribution in [3.05, 3.63) is 0 Å². The van der Waals surface area contributed by atoms with Gasteiger partial charge in [0.25, 0.3) is 5.92 Å². The van der Waals surface area contributed by atoms with Crippen LogP contribution < -0.4 is 0 Å². The maximum absolute atomic E-state index is 12.9. The Labute approximate surface area is 83.1 Å². The van der Waals surface area contributed by atoms with Crippen LogP contribution in [0.4, 0.5) is 8.78 Å². The van der Waals surface area contributed by atoms with Crippen molar-refractivity contribution < 1.29 is 17.2 Å². The Morgan fingerprint density at radius 1 is 1.43 bits per heavy atom. The van der Waals surface area contributed by atoms with Crippen LogP contribution in [0.25, 0.3) is 0 Å². The Morgan fingerprint density at radius 3 is 2.57 bits per heavy atom. The minimum Gasteiger partial charge on any atom is -0.212 e. The van der Waals surface area contributed by atoms with Crippen molar-refractivity contribution in [3.63, 3.8) is 0 Å². The van der Waals surface area contributed by atoms with Crippen LogP contribution in [0.2, 0.25) is 0 Å². The molecule has 1 aliphatic heterocycles. The van der Waals surface area contributed by atoms with E-state index in [1.165, 1.54) is 0 Å². The number of piperidine rings is 1. The van der Waals surface area contributed by atoms with Crippen molar-refractivity contribution in [1.29, 1.82) is 0 Å². The average Bonchev–Trinajstić information content (AvgIpc) is 2.02. The summed E-state index contributed by atoms with van der Waals surface area (Å²) in [5.74, 6) is -2.89. The van der Waals surface area contributed by atoms with Crippen LogP contribution in [0.15, 0.2) is 0 Å². The van der Waals surface area contributed by atoms with Crippen molar-refractivity contribution in [2.75, 3.05) is 18.8 Å². The third-order valence-electron chi connectivity index (χ3n) is 2.21. The molecule has 1 rings (SSSR count). The molecule has 0 aromatic heterocycles. The summed E-state index contributed by atoms with van der Waals surface area (Å²) in [5.41, 5.74) is 0. The lowest BCUT2D eigenvalue weighted by molar-refractivity contribution is -0.0433. The van der Waals surface area contributed by atoms with Crippen LogP contribution >= 0.6 is 0 Å². The zero-order valence-corrected chi connectivity index (χ0v) is 8.99. The van der Waals surface area contributed by atoms with Gasteiger partial charge in [0, 0.05) is 13.0 Å². The van der Waals surface area contributed by atoms with Crippen molar-refractivity contribution >= 4 is 10.0 Å². The zero-order valence-electron chi connectivity index (χ0n) is 8.17. The highest BCUT2D eigenvalue weighted by atomic mass is 32.2. The van der Waals surface area contributed by atoms with E-state index < -0.39 is 22.5 Å². The second kappa shape index (κ2) is 4.10. The number of rotatable bonds is 3. The minimum atomic E-state index is -3.45. The predicted octanol–water partition coefficient (Wildman–Crippen LogP) is 1.46. The molecule has 1 saturated heterocycles. The molecule has 1 fully saturated rings. The highest BCUT2D eigenvalue weighted by Crippen LogP contribution is 2.28. The van der Waals surface area contributed by atoms with Gasteiger partial charge < -0.3 is 0 Å². The third-order valence-corrected chi connectivity index (χ3v) is 4.24. The first kappa shape index (κ1) is 11.8. The summed E-state index contributed by atoms with van der Waals surface area (Å²) in [6.07, 6.45) is 0.505. The lowest BCUT2D eigenvalue weighted by Gasteiger charge is -2.31. The molecule has 0 radical (unpaired) electrons. The van der Waals surface area contributed by atoms with Crippen molar-refractivity contribution in [2.24, 2.45) is 0 Å². The topological polar surface area (TPSA) is 37.4 Å². The maximum Gasteiger partial charge on any atom is 0.261 e. The zero-order chi connectivity index (χ0) is 10.8. The van der Waals surface area contributed by atoms with Crippen LogP contribution in [-0.4, -0.2) is 37.5 Å². The van der Waals surface area contributed by atoms with Crippen LogP contribution in [0.3, 0.4) is 0 Å². The first-order valence-electron chi connectivity index (χ1n) is 4.73. The molecule has 0 saturated carbocycles.